The zero-order valence-corrected chi connectivity index (χ0v) is 17.3. The Morgan fingerprint density at radius 1 is 1.00 bits per heavy atom. The van der Waals surface area contributed by atoms with E-state index in [0.717, 1.165) is 11.1 Å². The zero-order valence-electron chi connectivity index (χ0n) is 17.3. The van der Waals surface area contributed by atoms with Gasteiger partial charge in [-0.25, -0.2) is 5.43 Å². The number of methoxy groups -OCH3 is 1. The molecule has 0 heterocycles. The highest BCUT2D eigenvalue weighted by Crippen LogP contribution is 2.28. The van der Waals surface area contributed by atoms with Gasteiger partial charge in [-0.3, -0.25) is 4.79 Å². The van der Waals surface area contributed by atoms with Crippen molar-refractivity contribution in [3.8, 4) is 17.2 Å². The predicted octanol–water partition coefficient (Wildman–Crippen LogP) is 4.60. The van der Waals surface area contributed by atoms with E-state index in [1.54, 1.807) is 30.5 Å². The van der Waals surface area contributed by atoms with Gasteiger partial charge in [0.05, 0.1) is 13.3 Å². The van der Waals surface area contributed by atoms with Crippen molar-refractivity contribution in [2.75, 3.05) is 13.7 Å². The van der Waals surface area contributed by atoms with Crippen LogP contribution in [0, 0.1) is 0 Å². The maximum Gasteiger partial charge on any atom is 0.271 e. The molecule has 0 unspecified atom stereocenters. The summed E-state index contributed by atoms with van der Waals surface area (Å²) in [6, 6.07) is 22.2. The number of amides is 1. The molecule has 0 aliphatic heterocycles. The maximum atomic E-state index is 12.4. The Kier molecular flexibility index (Phi) is 7.83. The fourth-order valence-electron chi connectivity index (χ4n) is 2.73. The summed E-state index contributed by atoms with van der Waals surface area (Å²) < 4.78 is 16.7. The van der Waals surface area contributed by atoms with E-state index in [9.17, 15) is 4.79 Å². The Hall–Kier alpha value is -4.06. The van der Waals surface area contributed by atoms with Gasteiger partial charge in [0.15, 0.2) is 11.5 Å². The minimum absolute atomic E-state index is 0.358. The van der Waals surface area contributed by atoms with Crippen LogP contribution in [0.1, 0.15) is 21.5 Å². The first-order valence-corrected chi connectivity index (χ1v) is 9.71. The second-order valence-corrected chi connectivity index (χ2v) is 6.51. The third-order valence-electron chi connectivity index (χ3n) is 4.27. The fraction of sp³-hybridized carbons (Fsp3) is 0.120. The summed E-state index contributed by atoms with van der Waals surface area (Å²) in [6.45, 7) is 4.45. The molecule has 0 saturated heterocycles. The molecule has 3 aromatic rings. The van der Waals surface area contributed by atoms with Gasteiger partial charge in [-0.1, -0.05) is 55.1 Å². The molecule has 1 amide bonds. The molecule has 0 radical (unpaired) electrons. The van der Waals surface area contributed by atoms with Gasteiger partial charge in [-0.05, 0) is 41.5 Å². The van der Waals surface area contributed by atoms with Crippen LogP contribution in [0.3, 0.4) is 0 Å². The summed E-state index contributed by atoms with van der Waals surface area (Å²) in [5, 5.41) is 4.02. The topological polar surface area (TPSA) is 69.2 Å². The minimum atomic E-state index is -0.358. The van der Waals surface area contributed by atoms with Crippen molar-refractivity contribution in [3.63, 3.8) is 0 Å². The quantitative estimate of drug-likeness (QED) is 0.298. The molecule has 0 atom stereocenters. The lowest BCUT2D eigenvalue weighted by Crippen LogP contribution is -2.17. The standard InChI is InChI=1S/C25H24N2O4/c1-3-14-30-22-11-7-10-20(15-22)17-26-27-25(28)21-12-13-23(24(16-21)29-2)31-18-19-8-5-4-6-9-19/h3-13,15-17H,1,14,18H2,2H3,(H,27,28)/b26-17+. The van der Waals surface area contributed by atoms with E-state index in [-0.39, 0.29) is 5.91 Å². The molecule has 0 bridgehead atoms. The Balaban J connectivity index is 1.61. The number of rotatable bonds is 10. The van der Waals surface area contributed by atoms with Gasteiger partial charge in [0.2, 0.25) is 0 Å². The van der Waals surface area contributed by atoms with Crippen LogP contribution in [-0.4, -0.2) is 25.8 Å². The number of carbonyl (C=O) groups excluding carboxylic acids is 1. The predicted molar refractivity (Wildman–Crippen MR) is 121 cm³/mol. The lowest BCUT2D eigenvalue weighted by Gasteiger charge is -2.12. The number of carbonyl (C=O) groups is 1. The van der Waals surface area contributed by atoms with Gasteiger partial charge in [0.1, 0.15) is 19.0 Å². The molecule has 0 aromatic heterocycles. The molecule has 0 fully saturated rings. The van der Waals surface area contributed by atoms with Crippen LogP contribution in [-0.2, 0) is 6.61 Å². The van der Waals surface area contributed by atoms with E-state index >= 15 is 0 Å². The molecule has 31 heavy (non-hydrogen) atoms. The molecule has 6 nitrogen and oxygen atoms in total. The first-order valence-electron chi connectivity index (χ1n) is 9.71. The summed E-state index contributed by atoms with van der Waals surface area (Å²) >= 11 is 0. The SMILES string of the molecule is C=CCOc1cccc(/C=N/NC(=O)c2ccc(OCc3ccccc3)c(OC)c2)c1. The zero-order chi connectivity index (χ0) is 21.9. The van der Waals surface area contributed by atoms with E-state index in [0.29, 0.717) is 36.0 Å². The number of benzene rings is 3. The highest BCUT2D eigenvalue weighted by atomic mass is 16.5. The summed E-state index contributed by atoms with van der Waals surface area (Å²) in [5.41, 5.74) is 4.76. The molecule has 3 aromatic carbocycles. The summed E-state index contributed by atoms with van der Waals surface area (Å²) in [6.07, 6.45) is 3.22. The molecule has 3 rings (SSSR count). The van der Waals surface area contributed by atoms with Gasteiger partial charge in [0.25, 0.3) is 5.91 Å². The normalized spacial score (nSPS) is 10.5. The van der Waals surface area contributed by atoms with Crippen molar-refractivity contribution in [2.24, 2.45) is 5.10 Å². The molecule has 0 aliphatic carbocycles. The molecular formula is C25H24N2O4. The van der Waals surface area contributed by atoms with Crippen molar-refractivity contribution < 1.29 is 19.0 Å². The average Bonchev–Trinajstić information content (AvgIpc) is 2.82. The van der Waals surface area contributed by atoms with Crippen LogP contribution in [0.25, 0.3) is 0 Å². The van der Waals surface area contributed by atoms with Gasteiger partial charge in [-0.2, -0.15) is 5.10 Å². The Labute approximate surface area is 181 Å². The first kappa shape index (κ1) is 21.6. The second-order valence-electron chi connectivity index (χ2n) is 6.51. The van der Waals surface area contributed by atoms with Crippen molar-refractivity contribution >= 4 is 12.1 Å². The molecule has 6 heteroatoms. The number of nitrogens with one attached hydrogen (secondary N) is 1. The van der Waals surface area contributed by atoms with Crippen LogP contribution in [0.15, 0.2) is 90.6 Å². The maximum absolute atomic E-state index is 12.4. The average molecular weight is 416 g/mol. The Bertz CT molecular complexity index is 1050. The van der Waals surface area contributed by atoms with Crippen LogP contribution >= 0.6 is 0 Å². The summed E-state index contributed by atoms with van der Waals surface area (Å²) in [7, 11) is 1.53. The third-order valence-corrected chi connectivity index (χ3v) is 4.27. The molecule has 0 aliphatic rings. The van der Waals surface area contributed by atoms with Gasteiger partial charge in [-0.15, -0.1) is 0 Å². The third kappa shape index (κ3) is 6.47. The highest BCUT2D eigenvalue weighted by molar-refractivity contribution is 5.95. The van der Waals surface area contributed by atoms with E-state index in [1.165, 1.54) is 7.11 Å². The number of hydrogen-bond donors (Lipinski definition) is 1. The molecule has 1 N–H and O–H groups in total. The lowest BCUT2D eigenvalue weighted by atomic mass is 10.2. The van der Waals surface area contributed by atoms with E-state index in [1.807, 2.05) is 54.6 Å². The Morgan fingerprint density at radius 3 is 2.61 bits per heavy atom. The van der Waals surface area contributed by atoms with Crippen LogP contribution in [0.4, 0.5) is 0 Å². The fourth-order valence-corrected chi connectivity index (χ4v) is 2.73. The summed E-state index contributed by atoms with van der Waals surface area (Å²) in [4.78, 5) is 12.4. The van der Waals surface area contributed by atoms with E-state index in [2.05, 4.69) is 17.1 Å². The number of ether oxygens (including phenoxy) is 3. The molecular weight excluding hydrogens is 392 g/mol. The summed E-state index contributed by atoms with van der Waals surface area (Å²) in [5.74, 6) is 1.37. The number of hydrazone groups is 1. The van der Waals surface area contributed by atoms with Crippen molar-refractivity contribution in [1.82, 2.24) is 5.43 Å². The number of hydrogen-bond acceptors (Lipinski definition) is 5. The second kappa shape index (κ2) is 11.2. The molecule has 158 valence electrons. The van der Waals surface area contributed by atoms with E-state index in [4.69, 9.17) is 14.2 Å². The van der Waals surface area contributed by atoms with Crippen LogP contribution in [0.5, 0.6) is 17.2 Å². The minimum Gasteiger partial charge on any atom is -0.493 e. The first-order chi connectivity index (χ1) is 15.2. The van der Waals surface area contributed by atoms with Crippen molar-refractivity contribution in [3.05, 3.63) is 102 Å². The lowest BCUT2D eigenvalue weighted by molar-refractivity contribution is 0.0954. The van der Waals surface area contributed by atoms with Crippen molar-refractivity contribution in [2.45, 2.75) is 6.61 Å². The van der Waals surface area contributed by atoms with Crippen molar-refractivity contribution in [1.29, 1.82) is 0 Å². The number of nitrogens with zero attached hydrogens (tertiary/aromatic N) is 1. The molecule has 0 saturated carbocycles. The Morgan fingerprint density at radius 2 is 1.84 bits per heavy atom. The highest BCUT2D eigenvalue weighted by Gasteiger charge is 2.11. The van der Waals surface area contributed by atoms with Crippen LogP contribution < -0.4 is 19.6 Å². The van der Waals surface area contributed by atoms with Gasteiger partial charge >= 0.3 is 0 Å². The van der Waals surface area contributed by atoms with Gasteiger partial charge < -0.3 is 14.2 Å². The van der Waals surface area contributed by atoms with Crippen LogP contribution in [0.2, 0.25) is 0 Å². The molecule has 0 spiro atoms. The monoisotopic (exact) mass is 416 g/mol. The van der Waals surface area contributed by atoms with E-state index < -0.39 is 0 Å². The smallest absolute Gasteiger partial charge is 0.271 e. The van der Waals surface area contributed by atoms with Gasteiger partial charge in [0, 0.05) is 5.56 Å². The largest absolute Gasteiger partial charge is 0.493 e.